The third-order valence-corrected chi connectivity index (χ3v) is 2.09. The van der Waals surface area contributed by atoms with E-state index in [1.807, 2.05) is 0 Å². The molecule has 0 atom stereocenters. The van der Waals surface area contributed by atoms with E-state index in [2.05, 4.69) is 10.3 Å². The zero-order chi connectivity index (χ0) is 11.3. The maximum Gasteiger partial charge on any atom is 0.214 e. The summed E-state index contributed by atoms with van der Waals surface area (Å²) in [5, 5.41) is 21.2. The van der Waals surface area contributed by atoms with E-state index in [9.17, 15) is 0 Å². The first-order chi connectivity index (χ1) is 7.13. The fourth-order valence-electron chi connectivity index (χ4n) is 1.08. The number of nitrogens with zero attached hydrogens (tertiary/aromatic N) is 1. The average molecular weight is 212 g/mol. The summed E-state index contributed by atoms with van der Waals surface area (Å²) in [7, 11) is 1.53. The van der Waals surface area contributed by atoms with Crippen LogP contribution in [0, 0.1) is 0 Å². The van der Waals surface area contributed by atoms with Crippen molar-refractivity contribution in [1.29, 1.82) is 0 Å². The van der Waals surface area contributed by atoms with Crippen molar-refractivity contribution in [2.24, 2.45) is 0 Å². The number of aliphatic hydroxyl groups excluding tert-OH is 2. The minimum Gasteiger partial charge on any atom is -0.481 e. The van der Waals surface area contributed by atoms with E-state index in [0.29, 0.717) is 5.88 Å². The molecule has 0 saturated heterocycles. The summed E-state index contributed by atoms with van der Waals surface area (Å²) >= 11 is 0. The van der Waals surface area contributed by atoms with E-state index >= 15 is 0 Å². The Kier molecular flexibility index (Phi) is 3.88. The van der Waals surface area contributed by atoms with Gasteiger partial charge in [0.05, 0.1) is 25.9 Å². The predicted octanol–water partition coefficient (Wildman–Crippen LogP) is 0.245. The number of nitrogens with one attached hydrogen (secondary N) is 1. The Morgan fingerprint density at radius 1 is 1.47 bits per heavy atom. The van der Waals surface area contributed by atoms with Crippen molar-refractivity contribution >= 4 is 5.69 Å². The van der Waals surface area contributed by atoms with E-state index in [4.69, 9.17) is 14.9 Å². The molecule has 0 aromatic carbocycles. The Bertz CT molecular complexity index is 313. The molecule has 1 aromatic heterocycles. The number of aromatic nitrogens is 1. The molecule has 0 radical (unpaired) electrons. The van der Waals surface area contributed by atoms with Crippen LogP contribution in [0.2, 0.25) is 0 Å². The molecular formula is C10H16N2O3. The van der Waals surface area contributed by atoms with Gasteiger partial charge in [0.2, 0.25) is 5.88 Å². The summed E-state index contributed by atoms with van der Waals surface area (Å²) in [4.78, 5) is 3.95. The smallest absolute Gasteiger partial charge is 0.214 e. The Morgan fingerprint density at radius 3 is 2.67 bits per heavy atom. The molecule has 3 N–H and O–H groups in total. The molecule has 0 fully saturated rings. The monoisotopic (exact) mass is 212 g/mol. The second-order valence-electron chi connectivity index (χ2n) is 3.59. The van der Waals surface area contributed by atoms with Crippen molar-refractivity contribution in [3.05, 3.63) is 18.3 Å². The predicted molar refractivity (Wildman–Crippen MR) is 57.0 cm³/mol. The highest BCUT2D eigenvalue weighted by Gasteiger charge is 2.21. The van der Waals surface area contributed by atoms with Crippen molar-refractivity contribution in [3.8, 4) is 5.88 Å². The summed E-state index contributed by atoms with van der Waals surface area (Å²) in [6.07, 6.45) is 1.59. The molecule has 0 saturated carbocycles. The number of ether oxygens (including phenoxy) is 1. The summed E-state index contributed by atoms with van der Waals surface area (Å²) in [5.74, 6) is 0.484. The van der Waals surface area contributed by atoms with Crippen LogP contribution < -0.4 is 10.1 Å². The second kappa shape index (κ2) is 4.95. The van der Waals surface area contributed by atoms with Gasteiger partial charge in [-0.1, -0.05) is 0 Å². The van der Waals surface area contributed by atoms with Gasteiger partial charge in [-0.25, -0.2) is 4.98 Å². The van der Waals surface area contributed by atoms with Crippen LogP contribution in [-0.2, 0) is 0 Å². The van der Waals surface area contributed by atoms with Crippen LogP contribution in [0.15, 0.2) is 18.3 Å². The van der Waals surface area contributed by atoms with Gasteiger partial charge < -0.3 is 20.3 Å². The maximum atomic E-state index is 9.10. The number of methoxy groups -OCH3 is 1. The van der Waals surface area contributed by atoms with Crippen molar-refractivity contribution in [3.63, 3.8) is 0 Å². The number of anilines is 1. The molecule has 84 valence electrons. The number of hydrogen-bond donors (Lipinski definition) is 3. The lowest BCUT2D eigenvalue weighted by atomic mass is 10.1. The molecule has 0 spiro atoms. The minimum absolute atomic E-state index is 0.159. The van der Waals surface area contributed by atoms with Gasteiger partial charge in [-0.05, 0) is 13.0 Å². The van der Waals surface area contributed by atoms with Crippen LogP contribution in [0.1, 0.15) is 6.92 Å². The highest BCUT2D eigenvalue weighted by molar-refractivity contribution is 5.47. The van der Waals surface area contributed by atoms with Crippen LogP contribution in [0.4, 0.5) is 5.69 Å². The van der Waals surface area contributed by atoms with Gasteiger partial charge >= 0.3 is 0 Å². The molecule has 0 unspecified atom stereocenters. The van der Waals surface area contributed by atoms with Gasteiger partial charge in [0, 0.05) is 18.0 Å². The van der Waals surface area contributed by atoms with Gasteiger partial charge in [0.15, 0.2) is 0 Å². The molecule has 0 aliphatic heterocycles. The standard InChI is InChI=1S/C10H16N2O3/c1-10(6-13,7-14)12-8-3-4-11-9(5-8)15-2/h3-5,13-14H,6-7H2,1-2H3,(H,11,12). The third-order valence-electron chi connectivity index (χ3n) is 2.09. The molecule has 0 aliphatic rings. The van der Waals surface area contributed by atoms with Gasteiger partial charge in [-0.15, -0.1) is 0 Å². The van der Waals surface area contributed by atoms with Gasteiger partial charge in [-0.2, -0.15) is 0 Å². The zero-order valence-corrected chi connectivity index (χ0v) is 8.90. The summed E-state index contributed by atoms with van der Waals surface area (Å²) in [6.45, 7) is 1.40. The van der Waals surface area contributed by atoms with E-state index in [-0.39, 0.29) is 13.2 Å². The summed E-state index contributed by atoms with van der Waals surface area (Å²) in [5.41, 5.74) is -0.000676. The number of hydrogen-bond acceptors (Lipinski definition) is 5. The van der Waals surface area contributed by atoms with Crippen molar-refractivity contribution < 1.29 is 14.9 Å². The summed E-state index contributed by atoms with van der Waals surface area (Å²) in [6, 6.07) is 3.44. The van der Waals surface area contributed by atoms with Crippen LogP contribution in [0.25, 0.3) is 0 Å². The SMILES string of the molecule is COc1cc(NC(C)(CO)CO)ccn1. The highest BCUT2D eigenvalue weighted by atomic mass is 16.5. The van der Waals surface area contributed by atoms with Crippen LogP contribution >= 0.6 is 0 Å². The molecule has 15 heavy (non-hydrogen) atoms. The summed E-state index contributed by atoms with van der Waals surface area (Å²) < 4.78 is 4.96. The van der Waals surface area contributed by atoms with Crippen molar-refractivity contribution in [1.82, 2.24) is 4.98 Å². The Labute approximate surface area is 88.7 Å². The van der Waals surface area contributed by atoms with Crippen molar-refractivity contribution in [2.75, 3.05) is 25.6 Å². The largest absolute Gasteiger partial charge is 0.481 e. The Morgan fingerprint density at radius 2 is 2.13 bits per heavy atom. The zero-order valence-electron chi connectivity index (χ0n) is 8.90. The molecule has 1 rings (SSSR count). The molecule has 0 bridgehead atoms. The number of rotatable bonds is 5. The van der Waals surface area contributed by atoms with E-state index < -0.39 is 5.54 Å². The molecule has 0 aliphatic carbocycles. The lowest BCUT2D eigenvalue weighted by Crippen LogP contribution is -2.42. The molecule has 1 aromatic rings. The maximum absolute atomic E-state index is 9.10. The number of aliphatic hydroxyl groups is 2. The lowest BCUT2D eigenvalue weighted by Gasteiger charge is -2.27. The lowest BCUT2D eigenvalue weighted by molar-refractivity contribution is 0.147. The van der Waals surface area contributed by atoms with E-state index in [1.54, 1.807) is 25.3 Å². The fraction of sp³-hybridized carbons (Fsp3) is 0.500. The first kappa shape index (κ1) is 11.7. The molecule has 5 nitrogen and oxygen atoms in total. The van der Waals surface area contributed by atoms with Crippen LogP contribution in [0.3, 0.4) is 0 Å². The van der Waals surface area contributed by atoms with E-state index in [0.717, 1.165) is 5.69 Å². The van der Waals surface area contributed by atoms with Crippen molar-refractivity contribution in [2.45, 2.75) is 12.5 Å². The first-order valence-electron chi connectivity index (χ1n) is 4.63. The normalized spacial score (nSPS) is 11.2. The van der Waals surface area contributed by atoms with Gasteiger partial charge in [0.1, 0.15) is 0 Å². The van der Waals surface area contributed by atoms with Crippen LogP contribution in [0.5, 0.6) is 5.88 Å². The molecule has 0 amide bonds. The minimum atomic E-state index is -0.744. The fourth-order valence-corrected chi connectivity index (χ4v) is 1.08. The second-order valence-corrected chi connectivity index (χ2v) is 3.59. The number of pyridine rings is 1. The van der Waals surface area contributed by atoms with E-state index in [1.165, 1.54) is 7.11 Å². The highest BCUT2D eigenvalue weighted by Crippen LogP contribution is 2.18. The Balaban J connectivity index is 2.79. The van der Waals surface area contributed by atoms with Gasteiger partial charge in [-0.3, -0.25) is 0 Å². The first-order valence-corrected chi connectivity index (χ1v) is 4.63. The topological polar surface area (TPSA) is 74.6 Å². The molecule has 1 heterocycles. The van der Waals surface area contributed by atoms with Gasteiger partial charge in [0.25, 0.3) is 0 Å². The molecule has 5 heteroatoms. The third kappa shape index (κ3) is 3.07. The van der Waals surface area contributed by atoms with Crippen LogP contribution in [-0.4, -0.2) is 41.1 Å². The Hall–Kier alpha value is -1.33. The average Bonchev–Trinajstić information content (AvgIpc) is 2.29. The quantitative estimate of drug-likeness (QED) is 0.652. The molecular weight excluding hydrogens is 196 g/mol.